The van der Waals surface area contributed by atoms with E-state index in [0.717, 1.165) is 33.5 Å². The minimum atomic E-state index is 0.182. The first-order valence-electron chi connectivity index (χ1n) is 11.4. The van der Waals surface area contributed by atoms with Crippen molar-refractivity contribution in [2.75, 3.05) is 17.6 Å². The van der Waals surface area contributed by atoms with Crippen LogP contribution >= 0.6 is 0 Å². The Bertz CT molecular complexity index is 1370. The molecule has 0 unspecified atom stereocenters. The molecule has 3 aromatic carbocycles. The molecule has 168 valence electrons. The van der Waals surface area contributed by atoms with Crippen LogP contribution in [0.1, 0.15) is 28.3 Å². The van der Waals surface area contributed by atoms with Gasteiger partial charge in [0.1, 0.15) is 11.6 Å². The molecule has 0 aliphatic carbocycles. The fraction of sp³-hybridized carbons (Fsp3) is 0.138. The quantitative estimate of drug-likeness (QED) is 0.328. The number of hydrogen-bond acceptors (Lipinski definition) is 5. The van der Waals surface area contributed by atoms with Crippen molar-refractivity contribution in [2.45, 2.75) is 19.8 Å². The zero-order valence-corrected chi connectivity index (χ0v) is 19.4. The third-order valence-electron chi connectivity index (χ3n) is 6.12. The van der Waals surface area contributed by atoms with Crippen LogP contribution in [-0.2, 0) is 0 Å². The van der Waals surface area contributed by atoms with Crippen molar-refractivity contribution in [2.24, 2.45) is 0 Å². The molecular formula is C29H27N5. The summed E-state index contributed by atoms with van der Waals surface area (Å²) in [6.45, 7) is 4.67. The Morgan fingerprint density at radius 3 is 2.03 bits per heavy atom. The number of nitrogens with one attached hydrogen (secondary N) is 1. The zero-order chi connectivity index (χ0) is 23.5. The van der Waals surface area contributed by atoms with Gasteiger partial charge in [-0.25, -0.2) is 15.0 Å². The highest BCUT2D eigenvalue weighted by atomic mass is 15.0. The Labute approximate surface area is 199 Å². The average Bonchev–Trinajstić information content (AvgIpc) is 2.85. The number of benzene rings is 3. The number of para-hydroxylation sites is 1. The first-order valence-corrected chi connectivity index (χ1v) is 11.4. The third kappa shape index (κ3) is 4.33. The van der Waals surface area contributed by atoms with Gasteiger partial charge in [-0.1, -0.05) is 72.8 Å². The molecule has 0 saturated carbocycles. The molecule has 5 heteroatoms. The molecule has 0 spiro atoms. The van der Waals surface area contributed by atoms with Crippen LogP contribution in [0.3, 0.4) is 0 Å². The Kier molecular flexibility index (Phi) is 5.91. The van der Waals surface area contributed by atoms with Crippen LogP contribution in [-0.4, -0.2) is 21.5 Å². The van der Waals surface area contributed by atoms with E-state index < -0.39 is 0 Å². The minimum Gasteiger partial charge on any atom is -0.384 e. The number of aryl methyl sites for hydroxylation is 2. The van der Waals surface area contributed by atoms with Gasteiger partial charge in [0.15, 0.2) is 5.82 Å². The molecule has 5 rings (SSSR count). The van der Waals surface area contributed by atoms with E-state index in [1.54, 1.807) is 0 Å². The molecule has 0 atom stereocenters. The summed E-state index contributed by atoms with van der Waals surface area (Å²) in [6.07, 6.45) is 0. The molecule has 0 amide bonds. The predicted octanol–water partition coefficient (Wildman–Crippen LogP) is 6.13. The number of nitrogen functional groups attached to an aromatic ring is 1. The van der Waals surface area contributed by atoms with Crippen molar-refractivity contribution in [1.29, 1.82) is 0 Å². The number of aromatic nitrogens is 3. The lowest BCUT2D eigenvalue weighted by Crippen LogP contribution is -2.15. The minimum absolute atomic E-state index is 0.182. The van der Waals surface area contributed by atoms with Crippen LogP contribution in [0.5, 0.6) is 0 Å². The number of nitrogens with zero attached hydrogens (tertiary/aromatic N) is 3. The SMILES string of the molecule is Cc1cc(N)nc(C)c1-c1nc(NCC(c2ccccc2)c2ccccc2)c2ccccc2n1. The smallest absolute Gasteiger partial charge is 0.164 e. The molecule has 0 bridgehead atoms. The Hall–Kier alpha value is -4.25. The van der Waals surface area contributed by atoms with Crippen LogP contribution in [0.4, 0.5) is 11.6 Å². The van der Waals surface area contributed by atoms with E-state index in [2.05, 4.69) is 77.0 Å². The van der Waals surface area contributed by atoms with Crippen molar-refractivity contribution < 1.29 is 0 Å². The Morgan fingerprint density at radius 2 is 1.38 bits per heavy atom. The van der Waals surface area contributed by atoms with Gasteiger partial charge in [0, 0.05) is 23.4 Å². The van der Waals surface area contributed by atoms with Gasteiger partial charge in [0.25, 0.3) is 0 Å². The molecule has 5 aromatic rings. The van der Waals surface area contributed by atoms with E-state index in [1.807, 2.05) is 38.1 Å². The van der Waals surface area contributed by atoms with Gasteiger partial charge in [0.2, 0.25) is 0 Å². The van der Waals surface area contributed by atoms with Gasteiger partial charge >= 0.3 is 0 Å². The second-order valence-corrected chi connectivity index (χ2v) is 8.49. The van der Waals surface area contributed by atoms with Gasteiger partial charge < -0.3 is 11.1 Å². The standard InChI is InChI=1S/C29H27N5/c1-19-17-26(30)32-20(2)27(19)29-33-25-16-10-9-15-23(25)28(34-29)31-18-24(21-11-5-3-6-12-21)22-13-7-4-8-14-22/h3-17,24H,18H2,1-2H3,(H2,30,32)(H,31,33,34). The number of anilines is 2. The maximum absolute atomic E-state index is 5.95. The largest absolute Gasteiger partial charge is 0.384 e. The Morgan fingerprint density at radius 1 is 0.765 bits per heavy atom. The van der Waals surface area contributed by atoms with Crippen molar-refractivity contribution in [1.82, 2.24) is 15.0 Å². The maximum atomic E-state index is 5.95. The monoisotopic (exact) mass is 445 g/mol. The van der Waals surface area contributed by atoms with Gasteiger partial charge in [-0.3, -0.25) is 0 Å². The first kappa shape index (κ1) is 21.6. The highest BCUT2D eigenvalue weighted by Gasteiger charge is 2.17. The summed E-state index contributed by atoms with van der Waals surface area (Å²) in [5.41, 5.74) is 12.1. The summed E-state index contributed by atoms with van der Waals surface area (Å²) in [5.74, 6) is 2.15. The van der Waals surface area contributed by atoms with Gasteiger partial charge in [0.05, 0.1) is 11.2 Å². The summed E-state index contributed by atoms with van der Waals surface area (Å²) in [7, 11) is 0. The molecule has 2 aromatic heterocycles. The molecule has 3 N–H and O–H groups in total. The number of rotatable bonds is 6. The Balaban J connectivity index is 1.57. The second kappa shape index (κ2) is 9.32. The van der Waals surface area contributed by atoms with Crippen LogP contribution in [0, 0.1) is 13.8 Å². The van der Waals surface area contributed by atoms with Crippen LogP contribution in [0.25, 0.3) is 22.3 Å². The van der Waals surface area contributed by atoms with E-state index >= 15 is 0 Å². The number of hydrogen-bond donors (Lipinski definition) is 2. The average molecular weight is 446 g/mol. The predicted molar refractivity (Wildman–Crippen MR) is 140 cm³/mol. The normalized spacial score (nSPS) is 11.1. The van der Waals surface area contributed by atoms with E-state index in [0.29, 0.717) is 18.2 Å². The van der Waals surface area contributed by atoms with E-state index in [-0.39, 0.29) is 5.92 Å². The molecule has 0 aliphatic heterocycles. The summed E-state index contributed by atoms with van der Waals surface area (Å²) < 4.78 is 0. The summed E-state index contributed by atoms with van der Waals surface area (Å²) in [5, 5.41) is 4.64. The molecule has 0 saturated heterocycles. The summed E-state index contributed by atoms with van der Waals surface area (Å²) >= 11 is 0. The fourth-order valence-corrected chi connectivity index (χ4v) is 4.52. The number of fused-ring (bicyclic) bond motifs is 1. The molecule has 34 heavy (non-hydrogen) atoms. The first-order chi connectivity index (χ1) is 16.6. The highest BCUT2D eigenvalue weighted by Crippen LogP contribution is 2.31. The van der Waals surface area contributed by atoms with Crippen molar-refractivity contribution in [3.05, 3.63) is 113 Å². The molecule has 0 radical (unpaired) electrons. The van der Waals surface area contributed by atoms with E-state index in [1.165, 1.54) is 11.1 Å². The van der Waals surface area contributed by atoms with Crippen LogP contribution in [0.2, 0.25) is 0 Å². The molecule has 0 fully saturated rings. The lowest BCUT2D eigenvalue weighted by molar-refractivity contribution is 0.849. The lowest BCUT2D eigenvalue weighted by Gasteiger charge is -2.20. The van der Waals surface area contributed by atoms with Crippen LogP contribution in [0.15, 0.2) is 91.0 Å². The maximum Gasteiger partial charge on any atom is 0.164 e. The van der Waals surface area contributed by atoms with Crippen LogP contribution < -0.4 is 11.1 Å². The van der Waals surface area contributed by atoms with Gasteiger partial charge in [-0.05, 0) is 48.7 Å². The van der Waals surface area contributed by atoms with Crippen molar-refractivity contribution >= 4 is 22.5 Å². The summed E-state index contributed by atoms with van der Waals surface area (Å²) in [6, 6.07) is 31.1. The number of pyridine rings is 1. The molecule has 0 aliphatic rings. The molecule has 5 nitrogen and oxygen atoms in total. The van der Waals surface area contributed by atoms with E-state index in [9.17, 15) is 0 Å². The van der Waals surface area contributed by atoms with Crippen molar-refractivity contribution in [3.8, 4) is 11.4 Å². The molecule has 2 heterocycles. The fourth-order valence-electron chi connectivity index (χ4n) is 4.52. The lowest BCUT2D eigenvalue weighted by atomic mass is 9.91. The number of nitrogens with two attached hydrogens (primary N) is 1. The van der Waals surface area contributed by atoms with Gasteiger partial charge in [-0.2, -0.15) is 0 Å². The molecular weight excluding hydrogens is 418 g/mol. The summed E-state index contributed by atoms with van der Waals surface area (Å²) in [4.78, 5) is 14.3. The zero-order valence-electron chi connectivity index (χ0n) is 19.4. The van der Waals surface area contributed by atoms with Crippen molar-refractivity contribution in [3.63, 3.8) is 0 Å². The topological polar surface area (TPSA) is 76.7 Å². The van der Waals surface area contributed by atoms with E-state index in [4.69, 9.17) is 15.7 Å². The second-order valence-electron chi connectivity index (χ2n) is 8.49. The van der Waals surface area contributed by atoms with Gasteiger partial charge in [-0.15, -0.1) is 0 Å². The third-order valence-corrected chi connectivity index (χ3v) is 6.12. The highest BCUT2D eigenvalue weighted by molar-refractivity contribution is 5.91.